The van der Waals surface area contributed by atoms with E-state index in [0.717, 1.165) is 13.8 Å². The molecule has 0 amide bonds. The van der Waals surface area contributed by atoms with Crippen molar-refractivity contribution >= 4 is 11.9 Å². The van der Waals surface area contributed by atoms with E-state index in [1.54, 1.807) is 0 Å². The fraction of sp³-hybridized carbons (Fsp3) is 0.800. The van der Waals surface area contributed by atoms with Crippen molar-refractivity contribution in [1.29, 1.82) is 0 Å². The topological polar surface area (TPSA) is 134 Å². The van der Waals surface area contributed by atoms with E-state index in [1.807, 2.05) is 0 Å². The van der Waals surface area contributed by atoms with Crippen LogP contribution in [0.2, 0.25) is 0 Å². The van der Waals surface area contributed by atoms with E-state index in [0.29, 0.717) is 0 Å². The number of esters is 2. The molecule has 0 unspecified atom stereocenters. The summed E-state index contributed by atoms with van der Waals surface area (Å²) >= 11 is 0. The van der Waals surface area contributed by atoms with Crippen LogP contribution in [0.25, 0.3) is 0 Å². The average molecular weight is 266 g/mol. The summed E-state index contributed by atoms with van der Waals surface area (Å²) < 4.78 is 8.85. The Morgan fingerprint density at radius 1 is 0.833 bits per heavy atom. The zero-order chi connectivity index (χ0) is 14.3. The molecule has 4 N–H and O–H groups in total. The molecule has 0 heterocycles. The van der Waals surface area contributed by atoms with Crippen LogP contribution in [0.5, 0.6) is 0 Å². The monoisotopic (exact) mass is 266 g/mol. The number of carbonyl (C=O) groups is 2. The molecule has 0 bridgehead atoms. The highest BCUT2D eigenvalue weighted by Crippen LogP contribution is 2.06. The largest absolute Gasteiger partial charge is 0.463 e. The zero-order valence-electron chi connectivity index (χ0n) is 10.1. The van der Waals surface area contributed by atoms with Gasteiger partial charge in [-0.1, -0.05) is 0 Å². The Morgan fingerprint density at radius 3 is 1.33 bits per heavy atom. The fourth-order valence-corrected chi connectivity index (χ4v) is 1.06. The van der Waals surface area contributed by atoms with E-state index in [1.165, 1.54) is 0 Å². The summed E-state index contributed by atoms with van der Waals surface area (Å²) in [7, 11) is 0. The molecule has 0 aliphatic heterocycles. The molecule has 0 radical (unpaired) electrons. The summed E-state index contributed by atoms with van der Waals surface area (Å²) in [5.74, 6) is -1.31. The smallest absolute Gasteiger partial charge is 0.302 e. The second-order valence-electron chi connectivity index (χ2n) is 3.72. The van der Waals surface area contributed by atoms with Gasteiger partial charge in [-0.25, -0.2) is 0 Å². The predicted molar refractivity (Wildman–Crippen MR) is 57.3 cm³/mol. The van der Waals surface area contributed by atoms with Gasteiger partial charge >= 0.3 is 11.9 Å². The fourth-order valence-electron chi connectivity index (χ4n) is 1.06. The molecule has 0 saturated heterocycles. The minimum absolute atomic E-state index is 0.520. The molecule has 0 aliphatic carbocycles. The first kappa shape index (κ1) is 16.8. The second kappa shape index (κ2) is 7.98. The molecule has 0 fully saturated rings. The number of ether oxygens (including phenoxy) is 2. The van der Waals surface area contributed by atoms with Crippen LogP contribution in [0.15, 0.2) is 0 Å². The average Bonchev–Trinajstić information content (AvgIpc) is 2.30. The highest BCUT2D eigenvalue weighted by atomic mass is 16.5. The molecule has 0 aromatic carbocycles. The Kier molecular flexibility index (Phi) is 7.44. The second-order valence-corrected chi connectivity index (χ2v) is 3.72. The van der Waals surface area contributed by atoms with Crippen LogP contribution >= 0.6 is 0 Å². The number of carbonyl (C=O) groups excluding carboxylic acids is 2. The van der Waals surface area contributed by atoms with E-state index < -0.39 is 49.6 Å². The first-order chi connectivity index (χ1) is 8.25. The third-order valence-electron chi connectivity index (χ3n) is 2.05. The van der Waals surface area contributed by atoms with Crippen LogP contribution < -0.4 is 0 Å². The summed E-state index contributed by atoms with van der Waals surface area (Å²) in [6.45, 7) is 1.19. The van der Waals surface area contributed by atoms with Crippen molar-refractivity contribution in [2.75, 3.05) is 13.2 Å². The number of aliphatic hydroxyl groups is 4. The van der Waals surface area contributed by atoms with Crippen LogP contribution in [-0.2, 0) is 19.1 Å². The maximum atomic E-state index is 10.5. The van der Waals surface area contributed by atoms with Crippen LogP contribution in [0, 0.1) is 0 Å². The van der Waals surface area contributed by atoms with Gasteiger partial charge in [-0.05, 0) is 0 Å². The molecule has 0 rings (SSSR count). The highest BCUT2D eigenvalue weighted by molar-refractivity contribution is 5.66. The Hall–Kier alpha value is -1.22. The molecule has 18 heavy (non-hydrogen) atoms. The van der Waals surface area contributed by atoms with Gasteiger partial charge in [0.15, 0.2) is 0 Å². The van der Waals surface area contributed by atoms with Gasteiger partial charge in [0.05, 0.1) is 0 Å². The molecule has 8 heteroatoms. The van der Waals surface area contributed by atoms with Crippen molar-refractivity contribution in [2.24, 2.45) is 0 Å². The molecule has 0 saturated carbocycles. The predicted octanol–water partition coefficient (Wildman–Crippen LogP) is -2.44. The quantitative estimate of drug-likeness (QED) is 0.373. The lowest BCUT2D eigenvalue weighted by atomic mass is 10.0. The third-order valence-corrected chi connectivity index (χ3v) is 2.05. The summed E-state index contributed by atoms with van der Waals surface area (Å²) in [6.07, 6.45) is -6.60. The van der Waals surface area contributed by atoms with E-state index in [2.05, 4.69) is 9.47 Å². The minimum Gasteiger partial charge on any atom is -0.463 e. The maximum absolute atomic E-state index is 10.5. The van der Waals surface area contributed by atoms with Crippen molar-refractivity contribution in [3.63, 3.8) is 0 Å². The van der Waals surface area contributed by atoms with E-state index in [-0.39, 0.29) is 0 Å². The summed E-state index contributed by atoms with van der Waals surface area (Å²) in [5.41, 5.74) is 0. The summed E-state index contributed by atoms with van der Waals surface area (Å²) in [5, 5.41) is 37.6. The number of rotatable bonds is 7. The molecule has 0 aliphatic rings. The van der Waals surface area contributed by atoms with Crippen LogP contribution in [-0.4, -0.2) is 70.0 Å². The van der Waals surface area contributed by atoms with E-state index >= 15 is 0 Å². The lowest BCUT2D eigenvalue weighted by Crippen LogP contribution is -2.47. The first-order valence-corrected chi connectivity index (χ1v) is 5.24. The van der Waals surface area contributed by atoms with Gasteiger partial charge < -0.3 is 29.9 Å². The Labute approximate surface area is 104 Å². The molecule has 4 atom stereocenters. The van der Waals surface area contributed by atoms with Gasteiger partial charge in [0.2, 0.25) is 0 Å². The summed E-state index contributed by atoms with van der Waals surface area (Å²) in [4.78, 5) is 20.9. The molecular formula is C10H18O8. The van der Waals surface area contributed by atoms with E-state index in [9.17, 15) is 30.0 Å². The van der Waals surface area contributed by atoms with Crippen molar-refractivity contribution in [2.45, 2.75) is 38.3 Å². The molecule has 106 valence electrons. The number of hydrogen-bond acceptors (Lipinski definition) is 8. The lowest BCUT2D eigenvalue weighted by molar-refractivity contribution is -0.160. The van der Waals surface area contributed by atoms with Crippen molar-refractivity contribution in [1.82, 2.24) is 0 Å². The van der Waals surface area contributed by atoms with Crippen molar-refractivity contribution < 1.29 is 39.5 Å². The van der Waals surface area contributed by atoms with Crippen LogP contribution in [0.4, 0.5) is 0 Å². The highest BCUT2D eigenvalue weighted by Gasteiger charge is 2.31. The maximum Gasteiger partial charge on any atom is 0.302 e. The number of hydrogen-bond donors (Lipinski definition) is 4. The third kappa shape index (κ3) is 6.50. The summed E-state index contributed by atoms with van der Waals surface area (Å²) in [6, 6.07) is 0. The Morgan fingerprint density at radius 2 is 1.11 bits per heavy atom. The molecule has 8 nitrogen and oxygen atoms in total. The SMILES string of the molecule is CC(=O)OC[C@@H](O)[C@@H](O)[C@@H](O)[C@@H](O)COC(C)=O. The zero-order valence-corrected chi connectivity index (χ0v) is 10.1. The van der Waals surface area contributed by atoms with E-state index in [4.69, 9.17) is 0 Å². The van der Waals surface area contributed by atoms with Gasteiger partial charge in [0.1, 0.15) is 37.6 Å². The van der Waals surface area contributed by atoms with Gasteiger partial charge in [-0.15, -0.1) is 0 Å². The Bertz CT molecular complexity index is 251. The normalized spacial score (nSPS) is 17.4. The molecule has 0 spiro atoms. The standard InChI is InChI=1S/C10H18O8/c1-5(11)17-3-7(13)9(15)10(16)8(14)4-18-6(2)12/h7-10,13-16H,3-4H2,1-2H3/t7-,8+,9-,10+. The Balaban J connectivity index is 4.16. The van der Waals surface area contributed by atoms with Crippen LogP contribution in [0.3, 0.4) is 0 Å². The van der Waals surface area contributed by atoms with Crippen LogP contribution in [0.1, 0.15) is 13.8 Å². The lowest BCUT2D eigenvalue weighted by Gasteiger charge is -2.25. The van der Waals surface area contributed by atoms with Gasteiger partial charge in [0.25, 0.3) is 0 Å². The molecule has 0 aromatic heterocycles. The van der Waals surface area contributed by atoms with Gasteiger partial charge in [-0.3, -0.25) is 9.59 Å². The molecular weight excluding hydrogens is 248 g/mol. The minimum atomic E-state index is -1.74. The molecule has 0 aromatic rings. The van der Waals surface area contributed by atoms with Gasteiger partial charge in [0, 0.05) is 13.8 Å². The first-order valence-electron chi connectivity index (χ1n) is 5.24. The van der Waals surface area contributed by atoms with Crippen molar-refractivity contribution in [3.8, 4) is 0 Å². The van der Waals surface area contributed by atoms with Gasteiger partial charge in [-0.2, -0.15) is 0 Å². The van der Waals surface area contributed by atoms with Crippen molar-refractivity contribution in [3.05, 3.63) is 0 Å². The number of aliphatic hydroxyl groups excluding tert-OH is 4.